The molecular formula is C20H29N7O. The second kappa shape index (κ2) is 8.52. The number of nitrogens with zero attached hydrogens (tertiary/aromatic N) is 5. The Hall–Kier alpha value is -2.74. The lowest BCUT2D eigenvalue weighted by atomic mass is 10.1. The SMILES string of the molecule is CCC(CO)Nc1nc(NCc2cnc(C)cc2C)c2ncn(C(C)C)c2n1. The predicted molar refractivity (Wildman–Crippen MR) is 112 cm³/mol. The quantitative estimate of drug-likeness (QED) is 0.549. The van der Waals surface area contributed by atoms with Crippen LogP contribution in [0, 0.1) is 13.8 Å². The molecule has 0 fully saturated rings. The summed E-state index contributed by atoms with van der Waals surface area (Å²) in [6.07, 6.45) is 4.46. The topological polar surface area (TPSA) is 101 Å². The van der Waals surface area contributed by atoms with Crippen LogP contribution in [0.4, 0.5) is 11.8 Å². The van der Waals surface area contributed by atoms with Gasteiger partial charge in [0.05, 0.1) is 19.0 Å². The first-order chi connectivity index (χ1) is 13.4. The molecule has 8 nitrogen and oxygen atoms in total. The number of hydrogen-bond donors (Lipinski definition) is 3. The molecule has 150 valence electrons. The largest absolute Gasteiger partial charge is 0.394 e. The fraction of sp³-hybridized carbons (Fsp3) is 0.500. The van der Waals surface area contributed by atoms with Crippen molar-refractivity contribution in [2.24, 2.45) is 0 Å². The molecule has 0 amide bonds. The summed E-state index contributed by atoms with van der Waals surface area (Å²) in [7, 11) is 0. The van der Waals surface area contributed by atoms with Crippen LogP contribution >= 0.6 is 0 Å². The van der Waals surface area contributed by atoms with Crippen LogP contribution in [0.1, 0.15) is 50.1 Å². The summed E-state index contributed by atoms with van der Waals surface area (Å²) in [5, 5.41) is 16.1. The lowest BCUT2D eigenvalue weighted by Gasteiger charge is -2.16. The molecule has 0 spiro atoms. The number of pyridine rings is 1. The first-order valence-electron chi connectivity index (χ1n) is 9.70. The average Bonchev–Trinajstić information content (AvgIpc) is 3.09. The summed E-state index contributed by atoms with van der Waals surface area (Å²) >= 11 is 0. The molecule has 0 saturated carbocycles. The highest BCUT2D eigenvalue weighted by atomic mass is 16.3. The van der Waals surface area contributed by atoms with E-state index in [9.17, 15) is 5.11 Å². The number of fused-ring (bicyclic) bond motifs is 1. The maximum atomic E-state index is 9.52. The van der Waals surface area contributed by atoms with E-state index in [1.54, 1.807) is 6.33 Å². The van der Waals surface area contributed by atoms with E-state index in [0.29, 0.717) is 18.3 Å². The van der Waals surface area contributed by atoms with E-state index in [0.717, 1.165) is 28.8 Å². The Labute approximate surface area is 165 Å². The Kier molecular flexibility index (Phi) is 6.08. The standard InChI is InChI=1S/C20H29N7O/c1-6-16(10-28)24-20-25-18(17-19(26-20)27(11-23-17)12(2)3)22-9-15-8-21-14(5)7-13(15)4/h7-8,11-12,16,28H,6,9-10H2,1-5H3,(H2,22,24,25,26). The number of hydrogen-bond acceptors (Lipinski definition) is 7. The van der Waals surface area contributed by atoms with Gasteiger partial charge in [0, 0.05) is 24.5 Å². The molecule has 3 rings (SSSR count). The Morgan fingerprint density at radius 2 is 1.96 bits per heavy atom. The van der Waals surface area contributed by atoms with E-state index in [2.05, 4.69) is 57.4 Å². The second-order valence-electron chi connectivity index (χ2n) is 7.35. The minimum atomic E-state index is -0.0933. The van der Waals surface area contributed by atoms with Crippen LogP contribution in [0.5, 0.6) is 0 Å². The van der Waals surface area contributed by atoms with Crippen molar-refractivity contribution >= 4 is 22.9 Å². The monoisotopic (exact) mass is 383 g/mol. The minimum Gasteiger partial charge on any atom is -0.394 e. The summed E-state index contributed by atoms with van der Waals surface area (Å²) in [5.41, 5.74) is 4.79. The van der Waals surface area contributed by atoms with E-state index >= 15 is 0 Å². The van der Waals surface area contributed by atoms with Gasteiger partial charge in [-0.15, -0.1) is 0 Å². The van der Waals surface area contributed by atoms with Gasteiger partial charge in [0.1, 0.15) is 0 Å². The molecule has 0 saturated heterocycles. The summed E-state index contributed by atoms with van der Waals surface area (Å²) < 4.78 is 2.02. The van der Waals surface area contributed by atoms with Gasteiger partial charge >= 0.3 is 0 Å². The second-order valence-corrected chi connectivity index (χ2v) is 7.35. The van der Waals surface area contributed by atoms with Crippen molar-refractivity contribution in [3.05, 3.63) is 35.4 Å². The van der Waals surface area contributed by atoms with Gasteiger partial charge in [-0.05, 0) is 51.3 Å². The normalized spacial score (nSPS) is 12.5. The van der Waals surface area contributed by atoms with Gasteiger partial charge in [-0.1, -0.05) is 6.92 Å². The molecule has 28 heavy (non-hydrogen) atoms. The van der Waals surface area contributed by atoms with Gasteiger partial charge < -0.3 is 20.3 Å². The zero-order valence-corrected chi connectivity index (χ0v) is 17.2. The number of aromatic nitrogens is 5. The molecule has 0 radical (unpaired) electrons. The van der Waals surface area contributed by atoms with Crippen molar-refractivity contribution < 1.29 is 5.11 Å². The highest BCUT2D eigenvalue weighted by Crippen LogP contribution is 2.24. The molecule has 0 aliphatic carbocycles. The van der Waals surface area contributed by atoms with Crippen LogP contribution in [0.25, 0.3) is 11.2 Å². The maximum Gasteiger partial charge on any atom is 0.227 e. The highest BCUT2D eigenvalue weighted by molar-refractivity contribution is 5.84. The number of aliphatic hydroxyl groups is 1. The van der Waals surface area contributed by atoms with E-state index in [1.165, 1.54) is 5.56 Å². The van der Waals surface area contributed by atoms with Crippen molar-refractivity contribution in [3.63, 3.8) is 0 Å². The lowest BCUT2D eigenvalue weighted by Crippen LogP contribution is -2.24. The average molecular weight is 384 g/mol. The van der Waals surface area contributed by atoms with Crippen LogP contribution < -0.4 is 10.6 Å². The highest BCUT2D eigenvalue weighted by Gasteiger charge is 2.16. The van der Waals surface area contributed by atoms with E-state index in [-0.39, 0.29) is 18.7 Å². The number of anilines is 2. The number of aryl methyl sites for hydroxylation is 2. The first kappa shape index (κ1) is 20.0. The van der Waals surface area contributed by atoms with Crippen LogP contribution in [0.3, 0.4) is 0 Å². The summed E-state index contributed by atoms with van der Waals surface area (Å²) in [5.74, 6) is 1.15. The zero-order chi connectivity index (χ0) is 20.3. The molecule has 0 aromatic carbocycles. The molecule has 1 atom stereocenters. The number of aliphatic hydroxyl groups excluding tert-OH is 1. The first-order valence-corrected chi connectivity index (χ1v) is 9.70. The van der Waals surface area contributed by atoms with Crippen LogP contribution in [0.15, 0.2) is 18.6 Å². The van der Waals surface area contributed by atoms with Crippen molar-refractivity contribution in [1.29, 1.82) is 0 Å². The molecule has 0 aliphatic rings. The number of imidazole rings is 1. The smallest absolute Gasteiger partial charge is 0.227 e. The van der Waals surface area contributed by atoms with E-state index < -0.39 is 0 Å². The maximum absolute atomic E-state index is 9.52. The Balaban J connectivity index is 1.96. The van der Waals surface area contributed by atoms with Gasteiger partial charge in [-0.3, -0.25) is 4.98 Å². The minimum absolute atomic E-state index is 0.0261. The van der Waals surface area contributed by atoms with Crippen molar-refractivity contribution in [1.82, 2.24) is 24.5 Å². The van der Waals surface area contributed by atoms with Crippen molar-refractivity contribution in [2.75, 3.05) is 17.2 Å². The molecule has 1 unspecified atom stereocenters. The Morgan fingerprint density at radius 3 is 2.61 bits per heavy atom. The van der Waals surface area contributed by atoms with Gasteiger partial charge in [-0.2, -0.15) is 9.97 Å². The number of nitrogens with one attached hydrogen (secondary N) is 2. The van der Waals surface area contributed by atoms with Crippen LogP contribution in [0.2, 0.25) is 0 Å². The fourth-order valence-corrected chi connectivity index (χ4v) is 3.03. The molecule has 3 heterocycles. The Bertz CT molecular complexity index is 947. The third-order valence-electron chi connectivity index (χ3n) is 4.83. The third-order valence-corrected chi connectivity index (χ3v) is 4.83. The van der Waals surface area contributed by atoms with Gasteiger partial charge in [0.2, 0.25) is 5.95 Å². The van der Waals surface area contributed by atoms with Crippen LogP contribution in [-0.4, -0.2) is 42.3 Å². The molecule has 3 N–H and O–H groups in total. The number of rotatable bonds is 8. The van der Waals surface area contributed by atoms with Gasteiger partial charge in [-0.25, -0.2) is 4.98 Å². The fourth-order valence-electron chi connectivity index (χ4n) is 3.03. The van der Waals surface area contributed by atoms with Gasteiger partial charge in [0.15, 0.2) is 17.0 Å². The van der Waals surface area contributed by atoms with E-state index in [1.807, 2.05) is 24.6 Å². The lowest BCUT2D eigenvalue weighted by molar-refractivity contribution is 0.271. The summed E-state index contributed by atoms with van der Waals surface area (Å²) in [6, 6.07) is 2.20. The molecule has 0 bridgehead atoms. The van der Waals surface area contributed by atoms with Crippen LogP contribution in [-0.2, 0) is 6.54 Å². The summed E-state index contributed by atoms with van der Waals surface area (Å²) in [6.45, 7) is 10.9. The van der Waals surface area contributed by atoms with Crippen molar-refractivity contribution in [3.8, 4) is 0 Å². The molecule has 8 heteroatoms. The summed E-state index contributed by atoms with van der Waals surface area (Å²) in [4.78, 5) is 18.2. The third kappa shape index (κ3) is 4.22. The van der Waals surface area contributed by atoms with Gasteiger partial charge in [0.25, 0.3) is 0 Å². The van der Waals surface area contributed by atoms with E-state index in [4.69, 9.17) is 0 Å². The molecule has 3 aromatic rings. The molecule has 0 aliphatic heterocycles. The molecular weight excluding hydrogens is 354 g/mol. The van der Waals surface area contributed by atoms with Crippen molar-refractivity contribution in [2.45, 2.75) is 59.7 Å². The predicted octanol–water partition coefficient (Wildman–Crippen LogP) is 3.21. The molecule has 3 aromatic heterocycles. The zero-order valence-electron chi connectivity index (χ0n) is 17.2. The Morgan fingerprint density at radius 1 is 1.18 bits per heavy atom.